The van der Waals surface area contributed by atoms with Crippen LogP contribution in [-0.4, -0.2) is 11.1 Å². The third kappa shape index (κ3) is 2.70. The van der Waals surface area contributed by atoms with Gasteiger partial charge in [0.15, 0.2) is 0 Å². The molecule has 0 aliphatic heterocycles. The van der Waals surface area contributed by atoms with Gasteiger partial charge in [-0.05, 0) is 40.6 Å². The lowest BCUT2D eigenvalue weighted by Crippen LogP contribution is -2.00. The third-order valence-corrected chi connectivity index (χ3v) is 3.77. The summed E-state index contributed by atoms with van der Waals surface area (Å²) in [4.78, 5) is 10.9. The molecule has 24 heavy (non-hydrogen) atoms. The van der Waals surface area contributed by atoms with Crippen LogP contribution in [-0.2, 0) is 11.2 Å². The molecule has 0 aliphatic rings. The van der Waals surface area contributed by atoms with Crippen molar-refractivity contribution in [2.75, 3.05) is 0 Å². The van der Waals surface area contributed by atoms with E-state index in [1.54, 1.807) is 24.3 Å². The van der Waals surface area contributed by atoms with Gasteiger partial charge < -0.3 is 5.11 Å². The summed E-state index contributed by atoms with van der Waals surface area (Å²) in [5.74, 6) is -2.56. The molecule has 1 N–H and O–H groups in total. The third-order valence-electron chi connectivity index (χ3n) is 3.77. The Kier molecular flexibility index (Phi) is 3.97. The molecule has 0 fully saturated rings. The quantitative estimate of drug-likeness (QED) is 0.782. The number of nitriles is 1. The number of hydrogen-bond acceptors (Lipinski definition) is 2. The van der Waals surface area contributed by atoms with Crippen LogP contribution in [0.25, 0.3) is 21.9 Å². The number of nitrogens with zero attached hydrogens (tertiary/aromatic N) is 1. The van der Waals surface area contributed by atoms with Crippen molar-refractivity contribution in [1.29, 1.82) is 5.26 Å². The molecule has 0 aliphatic carbocycles. The Morgan fingerprint density at radius 2 is 1.71 bits per heavy atom. The molecule has 0 spiro atoms. The first-order valence-electron chi connectivity index (χ1n) is 7.13. The van der Waals surface area contributed by atoms with E-state index in [-0.39, 0.29) is 23.1 Å². The Bertz CT molecular complexity index is 986. The highest BCUT2D eigenvalue weighted by molar-refractivity contribution is 6.00. The Hall–Kier alpha value is -3.26. The van der Waals surface area contributed by atoms with Crippen LogP contribution >= 0.6 is 0 Å². The van der Waals surface area contributed by atoms with Gasteiger partial charge in [0.2, 0.25) is 0 Å². The number of hydrogen-bond donors (Lipinski definition) is 1. The minimum atomic E-state index is -1.01. The molecule has 3 aromatic carbocycles. The standard InChI is InChI=1S/C19H11F2NO2/c20-15-2-1-3-16(21)19(15)18-13(10-22)7-6-12-5-4-11(8-14(12)18)9-17(23)24/h1-8H,9H2,(H,23,24). The fourth-order valence-electron chi connectivity index (χ4n) is 2.75. The molecule has 0 saturated heterocycles. The highest BCUT2D eigenvalue weighted by Gasteiger charge is 2.18. The first-order chi connectivity index (χ1) is 11.5. The predicted octanol–water partition coefficient (Wildman–Crippen LogP) is 4.28. The van der Waals surface area contributed by atoms with Crippen LogP contribution in [0.3, 0.4) is 0 Å². The van der Waals surface area contributed by atoms with Gasteiger partial charge in [0, 0.05) is 5.56 Å². The highest BCUT2D eigenvalue weighted by Crippen LogP contribution is 2.35. The number of aliphatic carboxylic acids is 1. The van der Waals surface area contributed by atoms with E-state index < -0.39 is 17.6 Å². The zero-order chi connectivity index (χ0) is 17.3. The number of fused-ring (bicyclic) bond motifs is 1. The molecule has 3 rings (SSSR count). The molecule has 118 valence electrons. The lowest BCUT2D eigenvalue weighted by Gasteiger charge is -2.12. The summed E-state index contributed by atoms with van der Waals surface area (Å²) < 4.78 is 28.5. The largest absolute Gasteiger partial charge is 0.481 e. The first kappa shape index (κ1) is 15.6. The molecular weight excluding hydrogens is 312 g/mol. The van der Waals surface area contributed by atoms with E-state index in [4.69, 9.17) is 5.11 Å². The first-order valence-corrected chi connectivity index (χ1v) is 7.13. The topological polar surface area (TPSA) is 61.1 Å². The lowest BCUT2D eigenvalue weighted by molar-refractivity contribution is -0.136. The van der Waals surface area contributed by atoms with Gasteiger partial charge in [-0.25, -0.2) is 8.78 Å². The second-order valence-electron chi connectivity index (χ2n) is 5.32. The van der Waals surface area contributed by atoms with Crippen molar-refractivity contribution in [3.63, 3.8) is 0 Å². The van der Waals surface area contributed by atoms with Crippen molar-refractivity contribution in [3.05, 3.63) is 71.3 Å². The summed E-state index contributed by atoms with van der Waals surface area (Å²) in [6, 6.07) is 13.5. The van der Waals surface area contributed by atoms with Gasteiger partial charge in [-0.15, -0.1) is 0 Å². The maximum Gasteiger partial charge on any atom is 0.307 e. The van der Waals surface area contributed by atoms with Gasteiger partial charge in [0.05, 0.1) is 23.6 Å². The summed E-state index contributed by atoms with van der Waals surface area (Å²) >= 11 is 0. The van der Waals surface area contributed by atoms with E-state index >= 15 is 0 Å². The molecule has 5 heteroatoms. The zero-order valence-electron chi connectivity index (χ0n) is 12.4. The Morgan fingerprint density at radius 3 is 2.33 bits per heavy atom. The Labute approximate surface area is 136 Å². The molecule has 0 bridgehead atoms. The van der Waals surface area contributed by atoms with Crippen LogP contribution in [0.2, 0.25) is 0 Å². The normalized spacial score (nSPS) is 10.5. The van der Waals surface area contributed by atoms with Crippen LogP contribution in [0.1, 0.15) is 11.1 Å². The lowest BCUT2D eigenvalue weighted by atomic mass is 9.91. The number of halogens is 2. The summed E-state index contributed by atoms with van der Waals surface area (Å²) in [5, 5.41) is 19.4. The van der Waals surface area contributed by atoms with E-state index in [1.165, 1.54) is 12.1 Å². The van der Waals surface area contributed by atoms with Gasteiger partial charge in [-0.3, -0.25) is 4.79 Å². The van der Waals surface area contributed by atoms with Gasteiger partial charge in [-0.2, -0.15) is 5.26 Å². The molecule has 0 saturated carbocycles. The van der Waals surface area contributed by atoms with Gasteiger partial charge in [0.1, 0.15) is 11.6 Å². The number of rotatable bonds is 3. The highest BCUT2D eigenvalue weighted by atomic mass is 19.1. The van der Waals surface area contributed by atoms with Crippen molar-refractivity contribution < 1.29 is 18.7 Å². The molecule has 0 unspecified atom stereocenters. The molecule has 3 nitrogen and oxygen atoms in total. The summed E-state index contributed by atoms with van der Waals surface area (Å²) in [6.45, 7) is 0. The number of benzene rings is 3. The van der Waals surface area contributed by atoms with Crippen molar-refractivity contribution in [1.82, 2.24) is 0 Å². The minimum absolute atomic E-state index is 0.124. The fraction of sp³-hybridized carbons (Fsp3) is 0.0526. The second kappa shape index (κ2) is 6.09. The van der Waals surface area contributed by atoms with Gasteiger partial charge in [-0.1, -0.05) is 24.3 Å². The molecule has 0 atom stereocenters. The van der Waals surface area contributed by atoms with E-state index in [1.807, 2.05) is 6.07 Å². The summed E-state index contributed by atoms with van der Waals surface area (Å²) in [6.07, 6.45) is -0.216. The van der Waals surface area contributed by atoms with Crippen molar-refractivity contribution in [2.45, 2.75) is 6.42 Å². The molecule has 0 heterocycles. The Morgan fingerprint density at radius 1 is 1.04 bits per heavy atom. The average molecular weight is 323 g/mol. The molecule has 0 amide bonds. The van der Waals surface area contributed by atoms with E-state index in [9.17, 15) is 18.8 Å². The van der Waals surface area contributed by atoms with Crippen molar-refractivity contribution in [3.8, 4) is 17.2 Å². The average Bonchev–Trinajstić information content (AvgIpc) is 2.54. The predicted molar refractivity (Wildman–Crippen MR) is 85.4 cm³/mol. The van der Waals surface area contributed by atoms with E-state index in [0.29, 0.717) is 16.3 Å². The van der Waals surface area contributed by atoms with E-state index in [2.05, 4.69) is 0 Å². The number of carboxylic acid groups (broad SMARTS) is 1. The van der Waals surface area contributed by atoms with Crippen LogP contribution < -0.4 is 0 Å². The maximum absolute atomic E-state index is 14.2. The molecule has 0 aromatic heterocycles. The second-order valence-corrected chi connectivity index (χ2v) is 5.32. The number of carboxylic acids is 1. The fourth-order valence-corrected chi connectivity index (χ4v) is 2.75. The number of carbonyl (C=O) groups is 1. The molecule has 3 aromatic rings. The van der Waals surface area contributed by atoms with Crippen molar-refractivity contribution in [2.24, 2.45) is 0 Å². The van der Waals surface area contributed by atoms with Gasteiger partial charge in [0.25, 0.3) is 0 Å². The zero-order valence-corrected chi connectivity index (χ0v) is 12.4. The van der Waals surface area contributed by atoms with Crippen LogP contribution in [0.4, 0.5) is 8.78 Å². The SMILES string of the molecule is N#Cc1ccc2ccc(CC(=O)O)cc2c1-c1c(F)cccc1F. The van der Waals surface area contributed by atoms with Gasteiger partial charge >= 0.3 is 5.97 Å². The Balaban J connectivity index is 2.39. The maximum atomic E-state index is 14.2. The monoisotopic (exact) mass is 323 g/mol. The smallest absolute Gasteiger partial charge is 0.307 e. The van der Waals surface area contributed by atoms with Crippen LogP contribution in [0.15, 0.2) is 48.5 Å². The van der Waals surface area contributed by atoms with E-state index in [0.717, 1.165) is 12.1 Å². The van der Waals surface area contributed by atoms with Crippen LogP contribution in [0, 0.1) is 23.0 Å². The van der Waals surface area contributed by atoms with Crippen LogP contribution in [0.5, 0.6) is 0 Å². The minimum Gasteiger partial charge on any atom is -0.481 e. The summed E-state index contributed by atoms with van der Waals surface area (Å²) in [5.41, 5.74) is 0.465. The summed E-state index contributed by atoms with van der Waals surface area (Å²) in [7, 11) is 0. The molecular formula is C19H11F2NO2. The molecule has 0 radical (unpaired) electrons. The van der Waals surface area contributed by atoms with Crippen molar-refractivity contribution >= 4 is 16.7 Å².